The molecule has 0 saturated heterocycles. The van der Waals surface area contributed by atoms with Crippen LogP contribution < -0.4 is 9.47 Å². The lowest BCUT2D eigenvalue weighted by Gasteiger charge is -2.26. The number of methoxy groups -OCH3 is 3. The Hall–Kier alpha value is -3.13. The van der Waals surface area contributed by atoms with Crippen molar-refractivity contribution in [1.29, 1.82) is 0 Å². The van der Waals surface area contributed by atoms with Gasteiger partial charge in [0.15, 0.2) is 0 Å². The Kier molecular flexibility index (Phi) is 12.6. The number of allylic oxidation sites excluding steroid dienone is 2. The van der Waals surface area contributed by atoms with Gasteiger partial charge < -0.3 is 28.8 Å². The van der Waals surface area contributed by atoms with E-state index in [-0.39, 0.29) is 18.6 Å². The summed E-state index contributed by atoms with van der Waals surface area (Å²) in [7, 11) is 4.59. The summed E-state index contributed by atoms with van der Waals surface area (Å²) in [6.07, 6.45) is 6.59. The molecule has 35 heavy (non-hydrogen) atoms. The average Bonchev–Trinajstić information content (AvgIpc) is 2.90. The van der Waals surface area contributed by atoms with Gasteiger partial charge >= 0.3 is 5.97 Å². The molecule has 1 N–H and O–H groups in total. The Bertz CT molecular complexity index is 919. The van der Waals surface area contributed by atoms with E-state index in [0.717, 1.165) is 22.6 Å². The maximum absolute atomic E-state index is 11.3. The van der Waals surface area contributed by atoms with Crippen molar-refractivity contribution in [3.63, 3.8) is 0 Å². The molecule has 2 rings (SSSR count). The molecule has 0 aromatic heterocycles. The number of rotatable bonds is 15. The Morgan fingerprint density at radius 1 is 0.857 bits per heavy atom. The Morgan fingerprint density at radius 3 is 1.89 bits per heavy atom. The van der Waals surface area contributed by atoms with Crippen LogP contribution in [0.2, 0.25) is 0 Å². The fourth-order valence-electron chi connectivity index (χ4n) is 3.32. The summed E-state index contributed by atoms with van der Waals surface area (Å²) in [4.78, 5) is 11.3. The van der Waals surface area contributed by atoms with Gasteiger partial charge in [-0.2, -0.15) is 0 Å². The lowest BCUT2D eigenvalue weighted by molar-refractivity contribution is -0.134. The largest absolute Gasteiger partial charge is 0.497 e. The van der Waals surface area contributed by atoms with E-state index in [1.165, 1.54) is 13.2 Å². The number of benzene rings is 2. The minimum Gasteiger partial charge on any atom is -0.497 e. The topological polar surface area (TPSA) is 83.5 Å². The third-order valence-corrected chi connectivity index (χ3v) is 5.51. The normalized spacial score (nSPS) is 14.1. The van der Waals surface area contributed by atoms with Gasteiger partial charge in [0.1, 0.15) is 11.5 Å². The molecule has 0 saturated carbocycles. The standard InChI is InChI=1S/C28H36O7/c1-21(7-5-6-8-28(30)33-4)27(35-20-23-11-15-25(32-3)16-12-23)17-26(18-29)34-19-22-9-13-24(31-2)14-10-22/h5-16,21,26-27,29H,17-20H2,1-4H3/t21-,26-,27+/m1/s1. The lowest BCUT2D eigenvalue weighted by atomic mass is 9.98. The van der Waals surface area contributed by atoms with Gasteiger partial charge in [0.05, 0.1) is 53.4 Å². The van der Waals surface area contributed by atoms with E-state index in [2.05, 4.69) is 4.74 Å². The minimum absolute atomic E-state index is 0.00539. The van der Waals surface area contributed by atoms with Crippen LogP contribution in [0.5, 0.6) is 11.5 Å². The summed E-state index contributed by atoms with van der Waals surface area (Å²) >= 11 is 0. The summed E-state index contributed by atoms with van der Waals surface area (Å²) in [6.45, 7) is 2.67. The zero-order valence-corrected chi connectivity index (χ0v) is 20.9. The SMILES string of the molecule is COC(=O)C=CC=C[C@@H](C)[C@H](C[C@H](CO)OCc1ccc(OC)cc1)OCc1ccc(OC)cc1. The van der Waals surface area contributed by atoms with Gasteiger partial charge in [-0.25, -0.2) is 4.79 Å². The zero-order chi connectivity index (χ0) is 25.5. The highest BCUT2D eigenvalue weighted by atomic mass is 16.5. The van der Waals surface area contributed by atoms with E-state index in [1.54, 1.807) is 26.4 Å². The molecule has 7 heteroatoms. The summed E-state index contributed by atoms with van der Waals surface area (Å²) in [5.74, 6) is 1.14. The molecular weight excluding hydrogens is 448 g/mol. The maximum atomic E-state index is 11.3. The van der Waals surface area contributed by atoms with E-state index in [9.17, 15) is 9.90 Å². The van der Waals surface area contributed by atoms with E-state index >= 15 is 0 Å². The van der Waals surface area contributed by atoms with Crippen LogP contribution in [0.1, 0.15) is 24.5 Å². The molecule has 0 aliphatic heterocycles. The molecule has 190 valence electrons. The molecule has 2 aromatic rings. The van der Waals surface area contributed by atoms with Crippen LogP contribution in [-0.4, -0.2) is 51.2 Å². The van der Waals surface area contributed by atoms with Gasteiger partial charge in [0.2, 0.25) is 0 Å². The summed E-state index contributed by atoms with van der Waals surface area (Å²) in [5, 5.41) is 9.97. The summed E-state index contributed by atoms with van der Waals surface area (Å²) < 4.78 is 27.3. The highest BCUT2D eigenvalue weighted by Crippen LogP contribution is 2.21. The molecule has 2 aromatic carbocycles. The van der Waals surface area contributed by atoms with Gasteiger partial charge in [0, 0.05) is 18.4 Å². The van der Waals surface area contributed by atoms with Crippen molar-refractivity contribution in [3.05, 3.63) is 84.0 Å². The molecular formula is C28H36O7. The van der Waals surface area contributed by atoms with Gasteiger partial charge in [-0.3, -0.25) is 0 Å². The number of aliphatic hydroxyl groups excluding tert-OH is 1. The first-order chi connectivity index (χ1) is 17.0. The predicted octanol–water partition coefficient (Wildman–Crippen LogP) is 4.48. The monoisotopic (exact) mass is 484 g/mol. The van der Waals surface area contributed by atoms with Crippen molar-refractivity contribution in [2.24, 2.45) is 5.92 Å². The summed E-state index contributed by atoms with van der Waals surface area (Å²) in [6, 6.07) is 15.3. The van der Waals surface area contributed by atoms with Crippen molar-refractivity contribution >= 4 is 5.97 Å². The fourth-order valence-corrected chi connectivity index (χ4v) is 3.32. The molecule has 0 spiro atoms. The molecule has 0 radical (unpaired) electrons. The second-order valence-corrected chi connectivity index (χ2v) is 8.02. The Labute approximate surface area is 207 Å². The predicted molar refractivity (Wildman–Crippen MR) is 134 cm³/mol. The fraction of sp³-hybridized carbons (Fsp3) is 0.393. The Morgan fingerprint density at radius 2 is 1.40 bits per heavy atom. The first kappa shape index (κ1) is 28.1. The van der Waals surface area contributed by atoms with E-state index in [0.29, 0.717) is 19.6 Å². The zero-order valence-electron chi connectivity index (χ0n) is 20.9. The molecule has 0 bridgehead atoms. The molecule has 7 nitrogen and oxygen atoms in total. The molecule has 0 aliphatic carbocycles. The Balaban J connectivity index is 2.04. The highest BCUT2D eigenvalue weighted by molar-refractivity contribution is 5.82. The van der Waals surface area contributed by atoms with Gasteiger partial charge in [-0.05, 0) is 35.4 Å². The van der Waals surface area contributed by atoms with Crippen LogP contribution in [0, 0.1) is 5.92 Å². The van der Waals surface area contributed by atoms with Crippen LogP contribution in [0.25, 0.3) is 0 Å². The van der Waals surface area contributed by atoms with Crippen molar-refractivity contribution in [2.75, 3.05) is 27.9 Å². The van der Waals surface area contributed by atoms with E-state index < -0.39 is 12.1 Å². The second-order valence-electron chi connectivity index (χ2n) is 8.02. The minimum atomic E-state index is -0.415. The molecule has 0 aliphatic rings. The lowest BCUT2D eigenvalue weighted by Crippen LogP contribution is -2.30. The van der Waals surface area contributed by atoms with E-state index in [1.807, 2.05) is 61.5 Å². The number of hydrogen-bond acceptors (Lipinski definition) is 7. The van der Waals surface area contributed by atoms with Crippen molar-refractivity contribution in [1.82, 2.24) is 0 Å². The number of ether oxygens (including phenoxy) is 5. The van der Waals surface area contributed by atoms with Gasteiger partial charge in [-0.15, -0.1) is 0 Å². The number of aliphatic hydroxyl groups is 1. The molecule has 0 amide bonds. The number of esters is 1. The van der Waals surface area contributed by atoms with Crippen LogP contribution >= 0.6 is 0 Å². The third-order valence-electron chi connectivity index (χ3n) is 5.51. The van der Waals surface area contributed by atoms with Gasteiger partial charge in [0.25, 0.3) is 0 Å². The number of carbonyl (C=O) groups excluding carboxylic acids is 1. The molecule has 0 heterocycles. The number of carbonyl (C=O) groups is 1. The smallest absolute Gasteiger partial charge is 0.330 e. The van der Waals surface area contributed by atoms with Crippen LogP contribution in [0.3, 0.4) is 0 Å². The average molecular weight is 485 g/mol. The van der Waals surface area contributed by atoms with E-state index in [4.69, 9.17) is 18.9 Å². The van der Waals surface area contributed by atoms with Crippen molar-refractivity contribution < 1.29 is 33.6 Å². The third kappa shape index (κ3) is 10.3. The number of hydrogen-bond donors (Lipinski definition) is 1. The van der Waals surface area contributed by atoms with Crippen molar-refractivity contribution in [2.45, 2.75) is 38.8 Å². The first-order valence-electron chi connectivity index (χ1n) is 11.5. The first-order valence-corrected chi connectivity index (χ1v) is 11.5. The van der Waals surface area contributed by atoms with Crippen molar-refractivity contribution in [3.8, 4) is 11.5 Å². The maximum Gasteiger partial charge on any atom is 0.330 e. The van der Waals surface area contributed by atoms with Crippen LogP contribution in [-0.2, 0) is 32.2 Å². The van der Waals surface area contributed by atoms with Gasteiger partial charge in [-0.1, -0.05) is 49.4 Å². The molecule has 3 atom stereocenters. The highest BCUT2D eigenvalue weighted by Gasteiger charge is 2.22. The molecule has 0 fully saturated rings. The quantitative estimate of drug-likeness (QED) is 0.227. The summed E-state index contributed by atoms with van der Waals surface area (Å²) in [5.41, 5.74) is 2.00. The second kappa shape index (κ2) is 15.7. The van der Waals surface area contributed by atoms with Crippen LogP contribution in [0.4, 0.5) is 0 Å². The van der Waals surface area contributed by atoms with Crippen LogP contribution in [0.15, 0.2) is 72.8 Å². The molecule has 0 unspecified atom stereocenters.